The molecule has 132 valence electrons. The van der Waals surface area contributed by atoms with Crippen LogP contribution in [0.3, 0.4) is 0 Å². The van der Waals surface area contributed by atoms with Gasteiger partial charge in [0, 0.05) is 26.4 Å². The summed E-state index contributed by atoms with van der Waals surface area (Å²) >= 11 is 18.7. The number of thiophene rings is 1. The van der Waals surface area contributed by atoms with E-state index in [1.807, 2.05) is 0 Å². The van der Waals surface area contributed by atoms with E-state index >= 15 is 0 Å². The van der Waals surface area contributed by atoms with Crippen LogP contribution >= 0.6 is 46.8 Å². The van der Waals surface area contributed by atoms with Crippen LogP contribution in [0.1, 0.15) is 27.0 Å². The normalized spacial score (nSPS) is 10.6. The fourth-order valence-electron chi connectivity index (χ4n) is 2.32. The number of benzene rings is 2. The van der Waals surface area contributed by atoms with Crippen molar-refractivity contribution in [2.45, 2.75) is 6.92 Å². The van der Waals surface area contributed by atoms with Crippen LogP contribution in [-0.2, 0) is 0 Å². The number of thiocarbonyl (C=S) groups is 1. The maximum Gasteiger partial charge on any atom is 0.269 e. The number of hydrogen-bond acceptors (Lipinski definition) is 4. The fraction of sp³-hybridized carbons (Fsp3) is 0.0556. The minimum atomic E-state index is -0.410. The molecule has 0 saturated heterocycles. The fourth-order valence-corrected chi connectivity index (χ4v) is 4.22. The first-order valence-electron chi connectivity index (χ1n) is 7.46. The molecule has 0 radical (unpaired) electrons. The van der Waals surface area contributed by atoms with Crippen LogP contribution in [0, 0.1) is 0 Å². The van der Waals surface area contributed by atoms with Gasteiger partial charge in [0.15, 0.2) is 10.9 Å². The third-order valence-corrected chi connectivity index (χ3v) is 5.65. The summed E-state index contributed by atoms with van der Waals surface area (Å²) in [5.41, 5.74) is 1.16. The zero-order valence-corrected chi connectivity index (χ0v) is 16.6. The van der Waals surface area contributed by atoms with Crippen LogP contribution in [0.5, 0.6) is 0 Å². The Kier molecular flexibility index (Phi) is 5.58. The Morgan fingerprint density at radius 2 is 1.88 bits per heavy atom. The van der Waals surface area contributed by atoms with Crippen LogP contribution < -0.4 is 10.6 Å². The molecule has 8 heteroatoms. The lowest BCUT2D eigenvalue weighted by Gasteiger charge is -2.09. The predicted molar refractivity (Wildman–Crippen MR) is 112 cm³/mol. The predicted octanol–water partition coefficient (Wildman–Crippen LogP) is 5.54. The molecule has 0 spiro atoms. The van der Waals surface area contributed by atoms with Crippen LogP contribution in [0.15, 0.2) is 42.5 Å². The highest BCUT2D eigenvalue weighted by Gasteiger charge is 2.18. The second-order valence-corrected chi connectivity index (χ2v) is 7.71. The van der Waals surface area contributed by atoms with Gasteiger partial charge < -0.3 is 5.32 Å². The zero-order valence-electron chi connectivity index (χ0n) is 13.4. The molecular weight excluding hydrogens is 411 g/mol. The van der Waals surface area contributed by atoms with Crippen LogP contribution in [0.25, 0.3) is 10.1 Å². The van der Waals surface area contributed by atoms with E-state index in [4.69, 9.17) is 35.4 Å². The Morgan fingerprint density at radius 1 is 1.12 bits per heavy atom. The first-order chi connectivity index (χ1) is 12.3. The summed E-state index contributed by atoms with van der Waals surface area (Å²) in [5, 5.41) is 7.30. The molecule has 4 nitrogen and oxygen atoms in total. The monoisotopic (exact) mass is 422 g/mol. The summed E-state index contributed by atoms with van der Waals surface area (Å²) in [6.45, 7) is 1.48. The van der Waals surface area contributed by atoms with Gasteiger partial charge >= 0.3 is 0 Å². The molecule has 0 aliphatic heterocycles. The Balaban J connectivity index is 1.75. The van der Waals surface area contributed by atoms with Gasteiger partial charge in [-0.05, 0) is 43.4 Å². The van der Waals surface area contributed by atoms with Crippen molar-refractivity contribution in [2.24, 2.45) is 0 Å². The molecule has 3 rings (SSSR count). The number of Topliss-reactive ketones (excluding diaryl/α,β-unsaturated/α-hetero) is 1. The first kappa shape index (κ1) is 18.8. The minimum Gasteiger partial charge on any atom is -0.332 e. The number of carbonyl (C=O) groups excluding carboxylic acids is 2. The second kappa shape index (κ2) is 7.72. The molecule has 2 aromatic carbocycles. The topological polar surface area (TPSA) is 58.2 Å². The third-order valence-electron chi connectivity index (χ3n) is 3.55. The van der Waals surface area contributed by atoms with Gasteiger partial charge in [0.05, 0.1) is 5.02 Å². The molecule has 0 aliphatic carbocycles. The van der Waals surface area contributed by atoms with Gasteiger partial charge in [0.25, 0.3) is 5.91 Å². The lowest BCUT2D eigenvalue weighted by molar-refractivity contribution is 0.0979. The molecule has 26 heavy (non-hydrogen) atoms. The van der Waals surface area contributed by atoms with Crippen LogP contribution in [-0.4, -0.2) is 16.8 Å². The smallest absolute Gasteiger partial charge is 0.269 e. The SMILES string of the molecule is CC(=O)c1cccc(NC(=S)NC(=O)c2sc3cc(Cl)ccc3c2Cl)c1. The Labute approximate surface area is 169 Å². The maximum absolute atomic E-state index is 12.5. The van der Waals surface area contributed by atoms with Crippen molar-refractivity contribution in [3.8, 4) is 0 Å². The molecule has 2 N–H and O–H groups in total. The lowest BCUT2D eigenvalue weighted by Crippen LogP contribution is -2.33. The standard InChI is InChI=1S/C18H12Cl2N2O2S2/c1-9(23)10-3-2-4-12(7-10)21-18(25)22-17(24)16-15(20)13-6-5-11(19)8-14(13)26-16/h2-8H,1H3,(H2,21,22,24,25). The Morgan fingerprint density at radius 3 is 2.62 bits per heavy atom. The van der Waals surface area contributed by atoms with Gasteiger partial charge in [-0.25, -0.2) is 0 Å². The molecule has 1 amide bonds. The number of halogens is 2. The molecule has 3 aromatic rings. The van der Waals surface area contributed by atoms with Crippen molar-refractivity contribution < 1.29 is 9.59 Å². The number of anilines is 1. The van der Waals surface area contributed by atoms with E-state index < -0.39 is 5.91 Å². The van der Waals surface area contributed by atoms with E-state index in [1.54, 1.807) is 42.5 Å². The molecule has 1 heterocycles. The number of rotatable bonds is 3. The van der Waals surface area contributed by atoms with E-state index in [9.17, 15) is 9.59 Å². The Bertz CT molecular complexity index is 1050. The average molecular weight is 423 g/mol. The summed E-state index contributed by atoms with van der Waals surface area (Å²) < 4.78 is 0.820. The molecule has 0 fully saturated rings. The van der Waals surface area contributed by atoms with Crippen LogP contribution in [0.4, 0.5) is 5.69 Å². The summed E-state index contributed by atoms with van der Waals surface area (Å²) in [6.07, 6.45) is 0. The van der Waals surface area contributed by atoms with E-state index in [0.29, 0.717) is 26.2 Å². The molecule has 1 aromatic heterocycles. The molecule has 0 aliphatic rings. The highest BCUT2D eigenvalue weighted by Crippen LogP contribution is 2.36. The van der Waals surface area contributed by atoms with Crippen molar-refractivity contribution in [3.63, 3.8) is 0 Å². The number of amides is 1. The number of ketones is 1. The average Bonchev–Trinajstić information content (AvgIpc) is 2.91. The minimum absolute atomic E-state index is 0.0562. The Hall–Kier alpha value is -1.99. The zero-order chi connectivity index (χ0) is 18.8. The van der Waals surface area contributed by atoms with E-state index in [2.05, 4.69) is 10.6 Å². The summed E-state index contributed by atoms with van der Waals surface area (Å²) in [6, 6.07) is 12.1. The quantitative estimate of drug-likeness (QED) is 0.429. The van der Waals surface area contributed by atoms with Crippen molar-refractivity contribution >= 4 is 79.3 Å². The van der Waals surface area contributed by atoms with Crippen molar-refractivity contribution in [2.75, 3.05) is 5.32 Å². The number of fused-ring (bicyclic) bond motifs is 1. The molecule has 0 atom stereocenters. The third kappa shape index (κ3) is 4.04. The van der Waals surface area contributed by atoms with Crippen LogP contribution in [0.2, 0.25) is 10.0 Å². The summed E-state index contributed by atoms with van der Waals surface area (Å²) in [5.74, 6) is -0.466. The van der Waals surface area contributed by atoms with Gasteiger partial charge in [-0.15, -0.1) is 11.3 Å². The van der Waals surface area contributed by atoms with Crippen molar-refractivity contribution in [3.05, 3.63) is 63.0 Å². The number of nitrogens with one attached hydrogen (secondary N) is 2. The van der Waals surface area contributed by atoms with Gasteiger partial charge in [-0.1, -0.05) is 41.4 Å². The first-order valence-corrected chi connectivity index (χ1v) is 9.44. The highest BCUT2D eigenvalue weighted by atomic mass is 35.5. The van der Waals surface area contributed by atoms with Gasteiger partial charge in [-0.3, -0.25) is 14.9 Å². The molecule has 0 saturated carbocycles. The van der Waals surface area contributed by atoms with Gasteiger partial charge in [-0.2, -0.15) is 0 Å². The van der Waals surface area contributed by atoms with E-state index in [0.717, 1.165) is 10.1 Å². The number of carbonyl (C=O) groups is 2. The maximum atomic E-state index is 12.5. The van der Waals surface area contributed by atoms with Crippen molar-refractivity contribution in [1.29, 1.82) is 0 Å². The van der Waals surface area contributed by atoms with E-state index in [-0.39, 0.29) is 10.9 Å². The van der Waals surface area contributed by atoms with Gasteiger partial charge in [0.2, 0.25) is 0 Å². The summed E-state index contributed by atoms with van der Waals surface area (Å²) in [7, 11) is 0. The van der Waals surface area contributed by atoms with Crippen molar-refractivity contribution in [1.82, 2.24) is 5.32 Å². The largest absolute Gasteiger partial charge is 0.332 e. The highest BCUT2D eigenvalue weighted by molar-refractivity contribution is 7.80. The van der Waals surface area contributed by atoms with Gasteiger partial charge in [0.1, 0.15) is 4.88 Å². The molecule has 0 unspecified atom stereocenters. The number of hydrogen-bond donors (Lipinski definition) is 2. The summed E-state index contributed by atoms with van der Waals surface area (Å²) in [4.78, 5) is 24.3. The lowest BCUT2D eigenvalue weighted by atomic mass is 10.1. The molecular formula is C18H12Cl2N2O2S2. The van der Waals surface area contributed by atoms with E-state index in [1.165, 1.54) is 18.3 Å². The molecule has 0 bridgehead atoms. The second-order valence-electron chi connectivity index (χ2n) is 5.43.